The second-order valence-corrected chi connectivity index (χ2v) is 8.49. The number of sulfonamides is 1. The molecule has 0 heterocycles. The molecule has 0 aromatic heterocycles. The second kappa shape index (κ2) is 12.8. The van der Waals surface area contributed by atoms with Gasteiger partial charge in [-0.3, -0.25) is 4.99 Å². The molecule has 0 radical (unpaired) electrons. The molecule has 7 nitrogen and oxygen atoms in total. The van der Waals surface area contributed by atoms with E-state index in [0.717, 1.165) is 11.1 Å². The molecule has 2 N–H and O–H groups in total. The highest BCUT2D eigenvalue weighted by atomic mass is 127. The van der Waals surface area contributed by atoms with Crippen LogP contribution in [0.3, 0.4) is 0 Å². The van der Waals surface area contributed by atoms with Crippen LogP contribution in [0.4, 0.5) is 8.78 Å². The van der Waals surface area contributed by atoms with Crippen molar-refractivity contribution in [1.82, 2.24) is 14.9 Å². The molecule has 0 aliphatic rings. The number of nitrogens with zero attached hydrogens (tertiary/aromatic N) is 2. The Morgan fingerprint density at radius 3 is 2.13 bits per heavy atom. The standard InChI is InChI=1S/C20H26F2N4O3S.HI/c1-23-20(26(3)13-16-8-10-18(11-9-16)29-19(21)22)25-12-15-4-6-17(7-5-15)14-30(27,28)24-2;/h4-11,19,24H,12-14H2,1-3H3,(H,23,25);1H. The summed E-state index contributed by atoms with van der Waals surface area (Å²) in [5.41, 5.74) is 2.59. The molecule has 2 rings (SSSR count). The van der Waals surface area contributed by atoms with Gasteiger partial charge < -0.3 is 15.0 Å². The van der Waals surface area contributed by atoms with Gasteiger partial charge in [0.05, 0.1) is 5.75 Å². The first-order valence-electron chi connectivity index (χ1n) is 9.17. The third kappa shape index (κ3) is 9.35. The maximum atomic E-state index is 12.2. The Kier molecular flexibility index (Phi) is 11.1. The van der Waals surface area contributed by atoms with Gasteiger partial charge in [-0.2, -0.15) is 8.78 Å². The molecule has 172 valence electrons. The molecule has 0 aliphatic carbocycles. The summed E-state index contributed by atoms with van der Waals surface area (Å²) in [5.74, 6) is 0.706. The van der Waals surface area contributed by atoms with Crippen LogP contribution in [0.5, 0.6) is 5.75 Å². The maximum Gasteiger partial charge on any atom is 0.387 e. The summed E-state index contributed by atoms with van der Waals surface area (Å²) in [7, 11) is 1.63. The minimum atomic E-state index is -3.30. The summed E-state index contributed by atoms with van der Waals surface area (Å²) in [5, 5.41) is 3.24. The van der Waals surface area contributed by atoms with Gasteiger partial charge in [-0.1, -0.05) is 36.4 Å². The van der Waals surface area contributed by atoms with Crippen LogP contribution in [0.25, 0.3) is 0 Å². The highest BCUT2D eigenvalue weighted by molar-refractivity contribution is 14.0. The van der Waals surface area contributed by atoms with Crippen molar-refractivity contribution in [1.29, 1.82) is 0 Å². The van der Waals surface area contributed by atoms with Crippen LogP contribution in [-0.2, 0) is 28.9 Å². The van der Waals surface area contributed by atoms with Crippen LogP contribution in [0.1, 0.15) is 16.7 Å². The number of hydrogen-bond donors (Lipinski definition) is 2. The number of alkyl halides is 2. The predicted molar refractivity (Wildman–Crippen MR) is 128 cm³/mol. The van der Waals surface area contributed by atoms with E-state index in [0.29, 0.717) is 24.6 Å². The Bertz CT molecular complexity index is 940. The van der Waals surface area contributed by atoms with Gasteiger partial charge in [0.15, 0.2) is 5.96 Å². The average Bonchev–Trinajstić information content (AvgIpc) is 2.70. The zero-order chi connectivity index (χ0) is 22.1. The molecule has 0 spiro atoms. The molecule has 0 unspecified atom stereocenters. The molecule has 31 heavy (non-hydrogen) atoms. The van der Waals surface area contributed by atoms with Gasteiger partial charge in [-0.05, 0) is 35.9 Å². The predicted octanol–water partition coefficient (Wildman–Crippen LogP) is 3.16. The zero-order valence-electron chi connectivity index (χ0n) is 17.5. The highest BCUT2D eigenvalue weighted by Crippen LogP contribution is 2.16. The lowest BCUT2D eigenvalue weighted by Gasteiger charge is -2.22. The van der Waals surface area contributed by atoms with Crippen LogP contribution in [-0.4, -0.2) is 47.0 Å². The molecule has 0 saturated heterocycles. The van der Waals surface area contributed by atoms with E-state index >= 15 is 0 Å². The zero-order valence-corrected chi connectivity index (χ0v) is 20.7. The Labute approximate surface area is 199 Å². The van der Waals surface area contributed by atoms with Crippen molar-refractivity contribution >= 4 is 40.0 Å². The fourth-order valence-electron chi connectivity index (χ4n) is 2.74. The van der Waals surface area contributed by atoms with Gasteiger partial charge in [0.1, 0.15) is 5.75 Å². The minimum Gasteiger partial charge on any atom is -0.435 e. The van der Waals surface area contributed by atoms with Crippen LogP contribution < -0.4 is 14.8 Å². The second-order valence-electron chi connectivity index (χ2n) is 6.56. The monoisotopic (exact) mass is 568 g/mol. The van der Waals surface area contributed by atoms with Gasteiger partial charge in [-0.25, -0.2) is 13.1 Å². The molecule has 0 bridgehead atoms. The van der Waals surface area contributed by atoms with E-state index in [1.165, 1.54) is 19.2 Å². The molecular weight excluding hydrogens is 541 g/mol. The SMILES string of the molecule is CN=C(NCc1ccc(CS(=O)(=O)NC)cc1)N(C)Cc1ccc(OC(F)F)cc1.I. The number of rotatable bonds is 9. The number of benzene rings is 2. The van der Waals surface area contributed by atoms with Crippen molar-refractivity contribution in [2.24, 2.45) is 4.99 Å². The summed E-state index contributed by atoms with van der Waals surface area (Å²) in [6, 6.07) is 13.7. The highest BCUT2D eigenvalue weighted by Gasteiger charge is 2.10. The minimum absolute atomic E-state index is 0. The third-order valence-electron chi connectivity index (χ3n) is 4.28. The van der Waals surface area contributed by atoms with E-state index in [2.05, 4.69) is 19.8 Å². The summed E-state index contributed by atoms with van der Waals surface area (Å²) in [4.78, 5) is 6.15. The van der Waals surface area contributed by atoms with E-state index in [-0.39, 0.29) is 35.5 Å². The topological polar surface area (TPSA) is 83.0 Å². The third-order valence-corrected chi connectivity index (χ3v) is 5.62. The van der Waals surface area contributed by atoms with Crippen molar-refractivity contribution < 1.29 is 21.9 Å². The first kappa shape index (κ1) is 27.0. The Morgan fingerprint density at radius 1 is 1.06 bits per heavy atom. The van der Waals surface area contributed by atoms with E-state index < -0.39 is 16.6 Å². The Morgan fingerprint density at radius 2 is 1.61 bits per heavy atom. The number of hydrogen-bond acceptors (Lipinski definition) is 4. The number of aliphatic imine (C=N–C) groups is 1. The molecule has 2 aromatic carbocycles. The molecule has 2 aromatic rings. The fourth-order valence-corrected chi connectivity index (χ4v) is 3.51. The first-order chi connectivity index (χ1) is 14.2. The molecule has 11 heteroatoms. The number of halogens is 3. The molecule has 0 atom stereocenters. The van der Waals surface area contributed by atoms with Gasteiger partial charge >= 0.3 is 6.61 Å². The maximum absolute atomic E-state index is 12.2. The molecule has 0 aliphatic heterocycles. The molecule has 0 fully saturated rings. The van der Waals surface area contributed by atoms with Gasteiger partial charge in [0.25, 0.3) is 0 Å². The van der Waals surface area contributed by atoms with Crippen molar-refractivity contribution in [3.63, 3.8) is 0 Å². The van der Waals surface area contributed by atoms with Crippen LogP contribution in [0.15, 0.2) is 53.5 Å². The Hall–Kier alpha value is -1.99. The largest absolute Gasteiger partial charge is 0.435 e. The van der Waals surface area contributed by atoms with Crippen molar-refractivity contribution in [3.8, 4) is 5.75 Å². The van der Waals surface area contributed by atoms with E-state index in [1.807, 2.05) is 24.1 Å². The summed E-state index contributed by atoms with van der Waals surface area (Å²) in [6.07, 6.45) is 0. The summed E-state index contributed by atoms with van der Waals surface area (Å²) < 4.78 is 54.3. The van der Waals surface area contributed by atoms with Crippen LogP contribution in [0, 0.1) is 0 Å². The van der Waals surface area contributed by atoms with Gasteiger partial charge in [0.2, 0.25) is 10.0 Å². The van der Waals surface area contributed by atoms with Crippen molar-refractivity contribution in [3.05, 3.63) is 65.2 Å². The van der Waals surface area contributed by atoms with E-state index in [4.69, 9.17) is 0 Å². The van der Waals surface area contributed by atoms with Crippen molar-refractivity contribution in [2.75, 3.05) is 21.1 Å². The van der Waals surface area contributed by atoms with E-state index in [1.54, 1.807) is 31.3 Å². The number of ether oxygens (including phenoxy) is 1. The lowest BCUT2D eigenvalue weighted by molar-refractivity contribution is -0.0498. The first-order valence-corrected chi connectivity index (χ1v) is 10.8. The van der Waals surface area contributed by atoms with Gasteiger partial charge in [0, 0.05) is 27.2 Å². The molecule has 0 amide bonds. The molecule has 0 saturated carbocycles. The smallest absolute Gasteiger partial charge is 0.387 e. The lowest BCUT2D eigenvalue weighted by Crippen LogP contribution is -2.38. The summed E-state index contributed by atoms with van der Waals surface area (Å²) in [6.45, 7) is -1.81. The fraction of sp³-hybridized carbons (Fsp3) is 0.350. The van der Waals surface area contributed by atoms with Crippen LogP contribution in [0.2, 0.25) is 0 Å². The quantitative estimate of drug-likeness (QED) is 0.276. The van der Waals surface area contributed by atoms with Gasteiger partial charge in [-0.15, -0.1) is 24.0 Å². The Balaban J connectivity index is 0.00000480. The number of guanidine groups is 1. The summed E-state index contributed by atoms with van der Waals surface area (Å²) >= 11 is 0. The average molecular weight is 568 g/mol. The number of nitrogens with one attached hydrogen (secondary N) is 2. The van der Waals surface area contributed by atoms with Crippen LogP contribution >= 0.6 is 24.0 Å². The normalized spacial score (nSPS) is 11.7. The molecular formula is C20H27F2IN4O3S. The van der Waals surface area contributed by atoms with Crippen molar-refractivity contribution in [2.45, 2.75) is 25.5 Å². The van der Waals surface area contributed by atoms with E-state index in [9.17, 15) is 17.2 Å². The lowest BCUT2D eigenvalue weighted by atomic mass is 10.1.